The van der Waals surface area contributed by atoms with E-state index in [1.165, 1.54) is 15.6 Å². The minimum Gasteiger partial charge on any atom is -0.444 e. The average molecular weight is 611 g/mol. The number of ether oxygens (including phenoxy) is 1. The van der Waals surface area contributed by atoms with Crippen molar-refractivity contribution < 1.29 is 17.9 Å². The van der Waals surface area contributed by atoms with Crippen LogP contribution in [0.3, 0.4) is 0 Å². The number of carbonyl (C=O) groups excluding carboxylic acids is 1. The molecule has 1 fully saturated rings. The largest absolute Gasteiger partial charge is 0.444 e. The van der Waals surface area contributed by atoms with Crippen molar-refractivity contribution in [1.29, 1.82) is 0 Å². The molecule has 0 aliphatic carbocycles. The smallest absolute Gasteiger partial charge is 0.410 e. The van der Waals surface area contributed by atoms with Crippen molar-refractivity contribution in [3.05, 3.63) is 48.2 Å². The lowest BCUT2D eigenvalue weighted by molar-refractivity contribution is 0.0273. The summed E-state index contributed by atoms with van der Waals surface area (Å²) < 4.78 is 37.4. The number of amides is 1. The van der Waals surface area contributed by atoms with Crippen LogP contribution in [0.5, 0.6) is 0 Å². The molecule has 2 aliphatic heterocycles. The number of hydrogen-bond donors (Lipinski definition) is 1. The van der Waals surface area contributed by atoms with Gasteiger partial charge in [-0.25, -0.2) is 23.2 Å². The number of sulfonamides is 1. The summed E-state index contributed by atoms with van der Waals surface area (Å²) in [5.74, 6) is 0.479. The third kappa shape index (κ3) is 5.41. The number of rotatable bonds is 6. The zero-order valence-electron chi connectivity index (χ0n) is 24.3. The Morgan fingerprint density at radius 1 is 1.14 bits per heavy atom. The van der Waals surface area contributed by atoms with Gasteiger partial charge in [-0.15, -0.1) is 11.3 Å². The predicted molar refractivity (Wildman–Crippen MR) is 161 cm³/mol. The van der Waals surface area contributed by atoms with Gasteiger partial charge in [0.05, 0.1) is 35.3 Å². The first kappa shape index (κ1) is 28.4. The first-order valence-electron chi connectivity index (χ1n) is 13.8. The number of nitrogens with zero attached hydrogens (tertiary/aromatic N) is 7. The third-order valence-electron chi connectivity index (χ3n) is 7.13. The fraction of sp³-hybridized carbons (Fsp3) is 0.429. The average Bonchev–Trinajstić information content (AvgIpc) is 3.60. The number of thiophene rings is 1. The van der Waals surface area contributed by atoms with Crippen LogP contribution in [-0.4, -0.2) is 79.6 Å². The molecule has 0 radical (unpaired) electrons. The Hall–Kier alpha value is -3.75. The molecule has 0 bridgehead atoms. The zero-order valence-corrected chi connectivity index (χ0v) is 25.9. The number of nitrogens with one attached hydrogen (secondary N) is 1. The summed E-state index contributed by atoms with van der Waals surface area (Å²) >= 11 is 1.19. The Balaban J connectivity index is 1.39. The molecule has 0 saturated carbocycles. The molecular formula is C28H34N8O4S2. The van der Waals surface area contributed by atoms with Crippen LogP contribution in [0.25, 0.3) is 22.5 Å². The normalized spacial score (nSPS) is 16.4. The summed E-state index contributed by atoms with van der Waals surface area (Å²) in [6.07, 6.45) is 10.6. The highest BCUT2D eigenvalue weighted by Crippen LogP contribution is 2.37. The van der Waals surface area contributed by atoms with Crippen LogP contribution in [-0.2, 0) is 21.8 Å². The molecule has 222 valence electrons. The number of aromatic nitrogens is 5. The van der Waals surface area contributed by atoms with E-state index >= 15 is 0 Å². The second kappa shape index (κ2) is 10.5. The molecule has 1 N–H and O–H groups in total. The van der Waals surface area contributed by atoms with Gasteiger partial charge >= 0.3 is 6.09 Å². The molecule has 1 amide bonds. The molecule has 0 aromatic carbocycles. The lowest BCUT2D eigenvalue weighted by atomic mass is 10.1. The summed E-state index contributed by atoms with van der Waals surface area (Å²) in [4.78, 5) is 24.2. The van der Waals surface area contributed by atoms with Crippen LogP contribution in [0.2, 0.25) is 0 Å². The summed E-state index contributed by atoms with van der Waals surface area (Å²) in [6.45, 7) is 9.36. The van der Waals surface area contributed by atoms with E-state index in [1.807, 2.05) is 57.6 Å². The van der Waals surface area contributed by atoms with Gasteiger partial charge in [0, 0.05) is 44.6 Å². The molecule has 6 heterocycles. The van der Waals surface area contributed by atoms with Gasteiger partial charge in [0.1, 0.15) is 9.81 Å². The lowest BCUT2D eigenvalue weighted by Crippen LogP contribution is -2.41. The van der Waals surface area contributed by atoms with Gasteiger partial charge in [-0.05, 0) is 57.7 Å². The fourth-order valence-electron chi connectivity index (χ4n) is 4.95. The molecule has 0 unspecified atom stereocenters. The Morgan fingerprint density at radius 2 is 1.93 bits per heavy atom. The number of anilines is 2. The van der Waals surface area contributed by atoms with Gasteiger partial charge in [0.2, 0.25) is 0 Å². The van der Waals surface area contributed by atoms with Crippen molar-refractivity contribution in [3.8, 4) is 11.3 Å². The molecule has 0 spiro atoms. The van der Waals surface area contributed by atoms with E-state index < -0.39 is 15.6 Å². The molecule has 42 heavy (non-hydrogen) atoms. The first-order chi connectivity index (χ1) is 19.9. The first-order valence-corrected chi connectivity index (χ1v) is 16.1. The summed E-state index contributed by atoms with van der Waals surface area (Å²) in [5.41, 5.74) is 3.93. The van der Waals surface area contributed by atoms with Crippen molar-refractivity contribution in [2.75, 3.05) is 31.5 Å². The molecule has 4 aromatic heterocycles. The number of imidazole rings is 1. The minimum atomic E-state index is -3.53. The van der Waals surface area contributed by atoms with Gasteiger partial charge in [0.15, 0.2) is 11.5 Å². The maximum atomic E-state index is 13.1. The van der Waals surface area contributed by atoms with Gasteiger partial charge in [0.25, 0.3) is 10.0 Å². The molecule has 12 nitrogen and oxygen atoms in total. The number of hydrogen-bond acceptors (Lipinski definition) is 9. The standard InChI is InChI=1S/C28H34N8O4S2/c1-18-12-23(41-26(18)42(38,39)35-10-7-11-35)32-24-25-29-14-22(20-13-30-33(5)15-20)36(25)17-21(31-24)19-8-6-9-34(16-19)27(37)40-28(2,3)4/h8,12-15,17H,6-7,9-11,16H2,1-5H3,(H,31,32). The highest BCUT2D eigenvalue weighted by Gasteiger charge is 2.32. The number of carbonyl (C=O) groups is 1. The zero-order chi connectivity index (χ0) is 29.8. The predicted octanol–water partition coefficient (Wildman–Crippen LogP) is 4.66. The minimum absolute atomic E-state index is 0.333. The van der Waals surface area contributed by atoms with E-state index in [4.69, 9.17) is 9.72 Å². The van der Waals surface area contributed by atoms with Crippen LogP contribution < -0.4 is 5.32 Å². The van der Waals surface area contributed by atoms with Gasteiger partial charge < -0.3 is 15.0 Å². The molecule has 2 aliphatic rings. The Kier molecular flexibility index (Phi) is 7.10. The molecule has 4 aromatic rings. The van der Waals surface area contributed by atoms with E-state index in [9.17, 15) is 13.2 Å². The number of fused-ring (bicyclic) bond motifs is 1. The van der Waals surface area contributed by atoms with Crippen molar-refractivity contribution in [1.82, 2.24) is 33.4 Å². The van der Waals surface area contributed by atoms with E-state index in [-0.39, 0.29) is 6.09 Å². The van der Waals surface area contributed by atoms with Crippen molar-refractivity contribution in [3.63, 3.8) is 0 Å². The molecule has 1 saturated heterocycles. The van der Waals surface area contributed by atoms with Gasteiger partial charge in [-0.3, -0.25) is 9.08 Å². The molecule has 14 heteroatoms. The lowest BCUT2D eigenvalue weighted by Gasteiger charge is -2.30. The molecular weight excluding hydrogens is 576 g/mol. The second-order valence-corrected chi connectivity index (χ2v) is 14.8. The fourth-order valence-corrected chi connectivity index (χ4v) is 8.20. The van der Waals surface area contributed by atoms with Crippen LogP contribution >= 0.6 is 11.3 Å². The molecule has 6 rings (SSSR count). The topological polar surface area (TPSA) is 127 Å². The third-order valence-corrected chi connectivity index (χ3v) is 10.8. The Morgan fingerprint density at radius 3 is 2.60 bits per heavy atom. The van der Waals surface area contributed by atoms with Crippen molar-refractivity contribution in [2.45, 2.75) is 50.3 Å². The summed E-state index contributed by atoms with van der Waals surface area (Å²) in [7, 11) is -1.67. The molecule has 0 atom stereocenters. The van der Waals surface area contributed by atoms with E-state index in [2.05, 4.69) is 21.5 Å². The summed E-state index contributed by atoms with van der Waals surface area (Å²) in [5, 5.41) is 8.33. The maximum Gasteiger partial charge on any atom is 0.410 e. The Labute approximate surface area is 248 Å². The van der Waals surface area contributed by atoms with E-state index in [0.29, 0.717) is 64.5 Å². The highest BCUT2D eigenvalue weighted by molar-refractivity contribution is 7.91. The van der Waals surface area contributed by atoms with E-state index in [1.54, 1.807) is 22.0 Å². The van der Waals surface area contributed by atoms with Gasteiger partial charge in [-0.2, -0.15) is 9.40 Å². The van der Waals surface area contributed by atoms with Crippen molar-refractivity contribution >= 4 is 49.5 Å². The van der Waals surface area contributed by atoms with Crippen LogP contribution in [0.15, 0.2) is 41.1 Å². The summed E-state index contributed by atoms with van der Waals surface area (Å²) in [6, 6.07) is 1.83. The van der Waals surface area contributed by atoms with Crippen LogP contribution in [0.4, 0.5) is 15.6 Å². The van der Waals surface area contributed by atoms with Gasteiger partial charge in [-0.1, -0.05) is 6.08 Å². The second-order valence-electron chi connectivity index (χ2n) is 11.6. The number of aryl methyl sites for hydroxylation is 2. The van der Waals surface area contributed by atoms with Crippen molar-refractivity contribution in [2.24, 2.45) is 7.05 Å². The van der Waals surface area contributed by atoms with Crippen LogP contribution in [0.1, 0.15) is 44.9 Å². The highest BCUT2D eigenvalue weighted by atomic mass is 32.2. The maximum absolute atomic E-state index is 13.1. The quantitative estimate of drug-likeness (QED) is 0.334. The SMILES string of the molecule is Cc1cc(Nc2nc(C3=CCCN(C(=O)OC(C)(C)C)C3)cn3c(-c4cnn(C)c4)cnc23)sc1S(=O)(=O)N1CCC1. The van der Waals surface area contributed by atoms with E-state index in [0.717, 1.165) is 23.3 Å². The van der Waals surface area contributed by atoms with Crippen LogP contribution in [0, 0.1) is 6.92 Å². The Bertz CT molecular complexity index is 1810. The monoisotopic (exact) mass is 610 g/mol.